The van der Waals surface area contributed by atoms with Gasteiger partial charge >= 0.3 is 0 Å². The summed E-state index contributed by atoms with van der Waals surface area (Å²) < 4.78 is 11.2. The lowest BCUT2D eigenvalue weighted by Crippen LogP contribution is -2.36. The van der Waals surface area contributed by atoms with Gasteiger partial charge in [-0.1, -0.05) is 12.1 Å². The van der Waals surface area contributed by atoms with Crippen molar-refractivity contribution in [3.05, 3.63) is 23.8 Å². The molecule has 15 heavy (non-hydrogen) atoms. The van der Waals surface area contributed by atoms with Crippen molar-refractivity contribution in [1.29, 1.82) is 0 Å². The van der Waals surface area contributed by atoms with Crippen LogP contribution in [0.25, 0.3) is 0 Å². The summed E-state index contributed by atoms with van der Waals surface area (Å²) in [5, 5.41) is 1.00. The quantitative estimate of drug-likeness (QED) is 0.571. The van der Waals surface area contributed by atoms with Crippen LogP contribution in [0, 0.1) is 0 Å². The molecule has 0 spiro atoms. The Morgan fingerprint density at radius 1 is 1.33 bits per heavy atom. The standard InChI is InChI=1S/C10H12Cl2O2Si/c1-10(2)13-6-7-5-8(15(11)12)3-4-9(7)14-10/h3-5,15H,6H2,1-2H3. The van der Waals surface area contributed by atoms with Crippen LogP contribution < -0.4 is 9.92 Å². The van der Waals surface area contributed by atoms with Gasteiger partial charge in [0, 0.05) is 19.4 Å². The van der Waals surface area contributed by atoms with E-state index >= 15 is 0 Å². The summed E-state index contributed by atoms with van der Waals surface area (Å²) in [5.74, 6) is 0.311. The van der Waals surface area contributed by atoms with Gasteiger partial charge in [0.05, 0.1) is 6.61 Å². The molecule has 0 amide bonds. The highest BCUT2D eigenvalue weighted by molar-refractivity contribution is 7.39. The maximum atomic E-state index is 5.92. The minimum atomic E-state index is -1.78. The minimum absolute atomic E-state index is 0.547. The summed E-state index contributed by atoms with van der Waals surface area (Å²) >= 11 is 11.8. The zero-order valence-electron chi connectivity index (χ0n) is 8.59. The largest absolute Gasteiger partial charge is 0.463 e. The van der Waals surface area contributed by atoms with Gasteiger partial charge in [0.1, 0.15) is 5.75 Å². The number of ether oxygens (including phenoxy) is 2. The Morgan fingerprint density at radius 3 is 2.73 bits per heavy atom. The molecule has 0 radical (unpaired) electrons. The second kappa shape index (κ2) is 3.98. The molecule has 0 fully saturated rings. The molecule has 1 heterocycles. The predicted octanol–water partition coefficient (Wildman–Crippen LogP) is 2.24. The van der Waals surface area contributed by atoms with Crippen LogP contribution in [0.2, 0.25) is 0 Å². The van der Waals surface area contributed by atoms with Crippen molar-refractivity contribution in [2.45, 2.75) is 26.2 Å². The molecular formula is C10H12Cl2O2Si. The van der Waals surface area contributed by atoms with E-state index in [4.69, 9.17) is 31.6 Å². The summed E-state index contributed by atoms with van der Waals surface area (Å²) in [6.07, 6.45) is 0. The van der Waals surface area contributed by atoms with Gasteiger partial charge in [-0.3, -0.25) is 0 Å². The first-order valence-electron chi connectivity index (χ1n) is 4.72. The van der Waals surface area contributed by atoms with E-state index in [1.165, 1.54) is 0 Å². The third kappa shape index (κ3) is 2.48. The molecule has 5 heteroatoms. The number of fused-ring (bicyclic) bond motifs is 1. The molecule has 1 aromatic carbocycles. The highest BCUT2D eigenvalue weighted by Gasteiger charge is 2.27. The van der Waals surface area contributed by atoms with Gasteiger partial charge in [-0.25, -0.2) is 0 Å². The second-order valence-corrected chi connectivity index (χ2v) is 8.52. The maximum absolute atomic E-state index is 5.92. The van der Waals surface area contributed by atoms with Gasteiger partial charge in [0.2, 0.25) is 5.79 Å². The van der Waals surface area contributed by atoms with Gasteiger partial charge in [-0.05, 0) is 11.3 Å². The first kappa shape index (κ1) is 11.3. The van der Waals surface area contributed by atoms with Crippen molar-refractivity contribution < 1.29 is 9.47 Å². The van der Waals surface area contributed by atoms with Crippen molar-refractivity contribution in [2.75, 3.05) is 0 Å². The lowest BCUT2D eigenvalue weighted by Gasteiger charge is -2.32. The van der Waals surface area contributed by atoms with Crippen LogP contribution in [-0.2, 0) is 11.3 Å². The lowest BCUT2D eigenvalue weighted by molar-refractivity contribution is -0.180. The first-order chi connectivity index (χ1) is 6.98. The van der Waals surface area contributed by atoms with Crippen LogP contribution in [0.1, 0.15) is 19.4 Å². The van der Waals surface area contributed by atoms with Crippen LogP contribution in [0.3, 0.4) is 0 Å². The van der Waals surface area contributed by atoms with Gasteiger partial charge in [0.25, 0.3) is 7.42 Å². The second-order valence-electron chi connectivity index (χ2n) is 3.96. The van der Waals surface area contributed by atoms with Crippen LogP contribution in [0.4, 0.5) is 0 Å². The molecule has 1 aliphatic rings. The molecule has 1 aliphatic heterocycles. The van der Waals surface area contributed by atoms with Gasteiger partial charge in [-0.15, -0.1) is 22.2 Å². The fourth-order valence-corrected chi connectivity index (χ4v) is 2.88. The third-order valence-electron chi connectivity index (χ3n) is 2.27. The zero-order chi connectivity index (χ0) is 11.1. The normalized spacial score (nSPS) is 18.5. The Bertz CT molecular complexity index is 380. The molecule has 0 saturated heterocycles. The van der Waals surface area contributed by atoms with E-state index in [2.05, 4.69) is 0 Å². The summed E-state index contributed by atoms with van der Waals surface area (Å²) in [4.78, 5) is 0. The Balaban J connectivity index is 2.32. The highest BCUT2D eigenvalue weighted by Crippen LogP contribution is 2.30. The highest BCUT2D eigenvalue weighted by atomic mass is 35.7. The molecule has 0 aromatic heterocycles. The fourth-order valence-electron chi connectivity index (χ4n) is 1.49. The van der Waals surface area contributed by atoms with Crippen LogP contribution >= 0.6 is 22.2 Å². The van der Waals surface area contributed by atoms with Crippen molar-refractivity contribution in [3.8, 4) is 5.75 Å². The molecule has 0 aliphatic carbocycles. The van der Waals surface area contributed by atoms with Gasteiger partial charge < -0.3 is 9.47 Å². The fraction of sp³-hybridized carbons (Fsp3) is 0.400. The topological polar surface area (TPSA) is 18.5 Å². The van der Waals surface area contributed by atoms with Crippen molar-refractivity contribution in [3.63, 3.8) is 0 Å². The van der Waals surface area contributed by atoms with Crippen LogP contribution in [0.5, 0.6) is 5.75 Å². The SMILES string of the molecule is CC1(C)OCc2cc([SiH](Cl)Cl)ccc2O1. The van der Waals surface area contributed by atoms with E-state index in [1.807, 2.05) is 32.0 Å². The molecule has 0 unspecified atom stereocenters. The van der Waals surface area contributed by atoms with Crippen molar-refractivity contribution in [2.24, 2.45) is 0 Å². The van der Waals surface area contributed by atoms with E-state index in [0.717, 1.165) is 16.5 Å². The van der Waals surface area contributed by atoms with E-state index in [9.17, 15) is 0 Å². The number of rotatable bonds is 1. The van der Waals surface area contributed by atoms with Crippen LogP contribution in [0.15, 0.2) is 18.2 Å². The monoisotopic (exact) mass is 262 g/mol. The Kier molecular flexibility index (Phi) is 2.99. The summed E-state index contributed by atoms with van der Waals surface area (Å²) in [5.41, 5.74) is 1.02. The molecule has 0 atom stereocenters. The van der Waals surface area contributed by atoms with E-state index in [1.54, 1.807) is 0 Å². The molecule has 2 rings (SSSR count). The molecular weight excluding hydrogens is 251 g/mol. The number of hydrogen-bond donors (Lipinski definition) is 0. The zero-order valence-corrected chi connectivity index (χ0v) is 11.3. The summed E-state index contributed by atoms with van der Waals surface area (Å²) in [7, 11) is -1.78. The van der Waals surface area contributed by atoms with E-state index in [0.29, 0.717) is 6.61 Å². The van der Waals surface area contributed by atoms with Gasteiger partial charge in [-0.2, -0.15) is 0 Å². The molecule has 82 valence electrons. The number of hydrogen-bond acceptors (Lipinski definition) is 2. The van der Waals surface area contributed by atoms with E-state index in [-0.39, 0.29) is 0 Å². The van der Waals surface area contributed by atoms with Gasteiger partial charge in [0.15, 0.2) is 0 Å². The number of benzene rings is 1. The Labute approximate surface area is 100 Å². The smallest absolute Gasteiger partial charge is 0.266 e. The maximum Gasteiger partial charge on any atom is 0.266 e. The molecule has 1 aromatic rings. The average molecular weight is 263 g/mol. The summed E-state index contributed by atoms with van der Waals surface area (Å²) in [6, 6.07) is 5.82. The average Bonchev–Trinajstić information content (AvgIpc) is 2.15. The van der Waals surface area contributed by atoms with Crippen molar-refractivity contribution >= 4 is 34.8 Å². The third-order valence-corrected chi connectivity index (χ3v) is 4.64. The lowest BCUT2D eigenvalue weighted by atomic mass is 10.2. The molecule has 2 nitrogen and oxygen atoms in total. The van der Waals surface area contributed by atoms with Crippen LogP contribution in [-0.4, -0.2) is 13.2 Å². The number of halogens is 2. The minimum Gasteiger partial charge on any atom is -0.463 e. The first-order valence-corrected chi connectivity index (χ1v) is 8.79. The molecule has 0 bridgehead atoms. The molecule has 0 saturated carbocycles. The van der Waals surface area contributed by atoms with Crippen molar-refractivity contribution in [1.82, 2.24) is 0 Å². The molecule has 0 N–H and O–H groups in total. The Hall–Kier alpha value is -0.223. The van der Waals surface area contributed by atoms with E-state index < -0.39 is 13.2 Å². The Morgan fingerprint density at radius 2 is 2.07 bits per heavy atom. The summed E-state index contributed by atoms with van der Waals surface area (Å²) in [6.45, 7) is 4.33. The predicted molar refractivity (Wildman–Crippen MR) is 64.4 cm³/mol.